The molecule has 0 bridgehead atoms. The molecule has 0 saturated carbocycles. The maximum absolute atomic E-state index is 13.9. The summed E-state index contributed by atoms with van der Waals surface area (Å²) in [4.78, 5) is 23.0. The van der Waals surface area contributed by atoms with Gasteiger partial charge in [-0.1, -0.05) is 13.3 Å². The van der Waals surface area contributed by atoms with Crippen molar-refractivity contribution < 1.29 is 27.8 Å². The molecular formula is C17H17F2N3O4S. The summed E-state index contributed by atoms with van der Waals surface area (Å²) < 4.78 is 37.2. The third-order valence-corrected chi connectivity index (χ3v) is 4.13. The van der Waals surface area contributed by atoms with Crippen molar-refractivity contribution in [3.8, 4) is 5.75 Å². The van der Waals surface area contributed by atoms with Crippen molar-refractivity contribution in [3.63, 3.8) is 0 Å². The van der Waals surface area contributed by atoms with Gasteiger partial charge in [-0.2, -0.15) is 5.10 Å². The second-order valence-electron chi connectivity index (χ2n) is 5.25. The number of benzene rings is 1. The van der Waals surface area contributed by atoms with Crippen LogP contribution in [0.5, 0.6) is 5.75 Å². The summed E-state index contributed by atoms with van der Waals surface area (Å²) in [6, 6.07) is 1.79. The molecular weight excluding hydrogens is 380 g/mol. The Hall–Kier alpha value is -2.75. The van der Waals surface area contributed by atoms with Crippen LogP contribution in [-0.2, 0) is 14.3 Å². The molecule has 0 unspecified atom stereocenters. The van der Waals surface area contributed by atoms with Gasteiger partial charge in [-0.25, -0.2) is 13.6 Å². The number of hydrogen-bond acceptors (Lipinski definition) is 7. The quantitative estimate of drug-likeness (QED) is 0.251. The predicted molar refractivity (Wildman–Crippen MR) is 97.6 cm³/mol. The van der Waals surface area contributed by atoms with E-state index in [-0.39, 0.29) is 28.0 Å². The summed E-state index contributed by atoms with van der Waals surface area (Å²) in [7, 11) is 1.19. The van der Waals surface area contributed by atoms with E-state index in [9.17, 15) is 18.4 Å². The van der Waals surface area contributed by atoms with Gasteiger partial charge in [0.25, 0.3) is 5.91 Å². The fourth-order valence-corrected chi connectivity index (χ4v) is 2.67. The largest absolute Gasteiger partial charge is 0.490 e. The number of nitrogens with one attached hydrogen (secondary N) is 1. The first kappa shape index (κ1) is 20.6. The van der Waals surface area contributed by atoms with Gasteiger partial charge in [-0.15, -0.1) is 5.10 Å². The van der Waals surface area contributed by atoms with Gasteiger partial charge in [0, 0.05) is 17.7 Å². The van der Waals surface area contributed by atoms with Gasteiger partial charge in [0.05, 0.1) is 24.8 Å². The Kier molecular flexibility index (Phi) is 7.47. The lowest BCUT2D eigenvalue weighted by molar-refractivity contribution is -0.135. The Bertz CT molecular complexity index is 825. The lowest BCUT2D eigenvalue weighted by Crippen LogP contribution is -2.19. The molecule has 1 fully saturated rings. The number of nitrogens with zero attached hydrogens (tertiary/aromatic N) is 2. The van der Waals surface area contributed by atoms with Crippen LogP contribution >= 0.6 is 11.8 Å². The SMILES string of the molecule is CCCCOc1c(F)cc(F)cc1C=N/N=C1/NC(=O)/C(=C\C(=O)OC)S1. The highest BCUT2D eigenvalue weighted by molar-refractivity contribution is 8.18. The van der Waals surface area contributed by atoms with Gasteiger partial charge in [-0.3, -0.25) is 10.1 Å². The van der Waals surface area contributed by atoms with Crippen molar-refractivity contribution in [2.45, 2.75) is 19.8 Å². The Morgan fingerprint density at radius 3 is 2.85 bits per heavy atom. The highest BCUT2D eigenvalue weighted by atomic mass is 32.2. The molecule has 1 heterocycles. The summed E-state index contributed by atoms with van der Waals surface area (Å²) in [5, 5.41) is 10.0. The molecule has 1 amide bonds. The molecule has 1 saturated heterocycles. The Morgan fingerprint density at radius 1 is 1.37 bits per heavy atom. The van der Waals surface area contributed by atoms with E-state index in [4.69, 9.17) is 4.74 Å². The van der Waals surface area contributed by atoms with Crippen molar-refractivity contribution in [1.29, 1.82) is 0 Å². The monoisotopic (exact) mass is 397 g/mol. The molecule has 1 aromatic rings. The van der Waals surface area contributed by atoms with Gasteiger partial charge < -0.3 is 9.47 Å². The summed E-state index contributed by atoms with van der Waals surface area (Å²) in [6.45, 7) is 2.24. The number of halogens is 2. The minimum Gasteiger partial charge on any atom is -0.490 e. The van der Waals surface area contributed by atoms with E-state index >= 15 is 0 Å². The summed E-state index contributed by atoms with van der Waals surface area (Å²) in [5.74, 6) is -2.95. The lowest BCUT2D eigenvalue weighted by atomic mass is 10.2. The van der Waals surface area contributed by atoms with Gasteiger partial charge in [-0.05, 0) is 24.2 Å². The summed E-state index contributed by atoms with van der Waals surface area (Å²) in [6.07, 6.45) is 3.72. The van der Waals surface area contributed by atoms with E-state index in [1.807, 2.05) is 6.92 Å². The lowest BCUT2D eigenvalue weighted by Gasteiger charge is -2.09. The van der Waals surface area contributed by atoms with Crippen LogP contribution < -0.4 is 10.1 Å². The number of esters is 1. The molecule has 1 aliphatic heterocycles. The van der Waals surface area contributed by atoms with Crippen LogP contribution in [0.15, 0.2) is 33.3 Å². The summed E-state index contributed by atoms with van der Waals surface area (Å²) in [5.41, 5.74) is 0.0765. The third kappa shape index (κ3) is 5.88. The van der Waals surface area contributed by atoms with Gasteiger partial charge in [0.2, 0.25) is 0 Å². The molecule has 0 radical (unpaired) electrons. The van der Waals surface area contributed by atoms with Crippen LogP contribution in [0.1, 0.15) is 25.3 Å². The Balaban J connectivity index is 2.16. The van der Waals surface area contributed by atoms with Crippen LogP contribution in [-0.4, -0.2) is 37.0 Å². The molecule has 0 spiro atoms. The topological polar surface area (TPSA) is 89.4 Å². The van der Waals surface area contributed by atoms with Crippen molar-refractivity contribution in [2.24, 2.45) is 10.2 Å². The predicted octanol–water partition coefficient (Wildman–Crippen LogP) is 2.75. The van der Waals surface area contributed by atoms with Crippen LogP contribution in [0.3, 0.4) is 0 Å². The fraction of sp³-hybridized carbons (Fsp3) is 0.294. The normalized spacial score (nSPS) is 17.0. The molecule has 2 rings (SSSR count). The van der Waals surface area contributed by atoms with E-state index < -0.39 is 23.5 Å². The van der Waals surface area contributed by atoms with Crippen molar-refractivity contribution in [2.75, 3.05) is 13.7 Å². The highest BCUT2D eigenvalue weighted by Crippen LogP contribution is 2.25. The van der Waals surface area contributed by atoms with Gasteiger partial charge in [0.15, 0.2) is 16.7 Å². The van der Waals surface area contributed by atoms with Crippen LogP contribution in [0, 0.1) is 11.6 Å². The molecule has 27 heavy (non-hydrogen) atoms. The number of hydrogen-bond donors (Lipinski definition) is 1. The summed E-state index contributed by atoms with van der Waals surface area (Å²) >= 11 is 0.881. The van der Waals surface area contributed by atoms with Crippen molar-refractivity contribution in [3.05, 3.63) is 40.3 Å². The number of carbonyl (C=O) groups is 2. The Morgan fingerprint density at radius 2 is 2.15 bits per heavy atom. The van der Waals surface area contributed by atoms with Gasteiger partial charge >= 0.3 is 5.97 Å². The first-order chi connectivity index (χ1) is 12.9. The standard InChI is InChI=1S/C17H17F2N3O4S/c1-3-4-5-26-15-10(6-11(18)7-12(15)19)9-20-22-17-21-16(24)13(27-17)8-14(23)25-2/h6-9H,3-5H2,1-2H3,(H,21,22,24)/b13-8+,20-9?. The molecule has 0 aromatic heterocycles. The number of amidine groups is 1. The minimum atomic E-state index is -0.841. The second kappa shape index (κ2) is 9.81. The zero-order valence-corrected chi connectivity index (χ0v) is 15.4. The molecule has 144 valence electrons. The number of methoxy groups -OCH3 is 1. The maximum Gasteiger partial charge on any atom is 0.331 e. The molecule has 1 N–H and O–H groups in total. The zero-order valence-electron chi connectivity index (χ0n) is 14.6. The zero-order chi connectivity index (χ0) is 19.8. The molecule has 1 aromatic carbocycles. The number of unbranched alkanes of at least 4 members (excludes halogenated alkanes) is 1. The van der Waals surface area contributed by atoms with Gasteiger partial charge in [0.1, 0.15) is 5.82 Å². The molecule has 10 heteroatoms. The number of carbonyl (C=O) groups excluding carboxylic acids is 2. The highest BCUT2D eigenvalue weighted by Gasteiger charge is 2.25. The fourth-order valence-electron chi connectivity index (χ4n) is 1.93. The third-order valence-electron chi connectivity index (χ3n) is 3.23. The van der Waals surface area contributed by atoms with Crippen molar-refractivity contribution >= 4 is 35.0 Å². The second-order valence-corrected chi connectivity index (χ2v) is 6.28. The molecule has 7 nitrogen and oxygen atoms in total. The molecule has 0 atom stereocenters. The van der Waals surface area contributed by atoms with Crippen LogP contribution in [0.4, 0.5) is 8.78 Å². The maximum atomic E-state index is 13.9. The first-order valence-corrected chi connectivity index (χ1v) is 8.78. The number of amides is 1. The average Bonchev–Trinajstić information content (AvgIpc) is 2.96. The number of rotatable bonds is 7. The Labute approximate surface area is 158 Å². The molecule has 0 aliphatic carbocycles. The van der Waals surface area contributed by atoms with E-state index in [1.165, 1.54) is 7.11 Å². The van der Waals surface area contributed by atoms with E-state index in [1.54, 1.807) is 0 Å². The minimum absolute atomic E-state index is 0.0765. The average molecular weight is 397 g/mol. The molecule has 1 aliphatic rings. The van der Waals surface area contributed by atoms with Crippen LogP contribution in [0.2, 0.25) is 0 Å². The smallest absolute Gasteiger partial charge is 0.331 e. The number of thioether (sulfide) groups is 1. The van der Waals surface area contributed by atoms with E-state index in [0.717, 1.165) is 42.6 Å². The number of ether oxygens (including phenoxy) is 2. The van der Waals surface area contributed by atoms with Crippen LogP contribution in [0.25, 0.3) is 0 Å². The first-order valence-electron chi connectivity index (χ1n) is 7.96. The van der Waals surface area contributed by atoms with E-state index in [2.05, 4.69) is 20.3 Å². The van der Waals surface area contributed by atoms with Crippen molar-refractivity contribution in [1.82, 2.24) is 5.32 Å². The van der Waals surface area contributed by atoms with E-state index in [0.29, 0.717) is 6.42 Å².